The maximum absolute atomic E-state index is 12.7. The number of carbonyl (C=O) groups excluding carboxylic acids is 2. The Hall–Kier alpha value is -3.07. The highest BCUT2D eigenvalue weighted by Gasteiger charge is 2.21. The third kappa shape index (κ3) is 44.5. The van der Waals surface area contributed by atoms with Gasteiger partial charge in [0.25, 0.3) is 7.82 Å². The van der Waals surface area contributed by atoms with Gasteiger partial charge < -0.3 is 27.9 Å². The predicted octanol–water partition coefficient (Wildman–Crippen LogP) is 12.7. The lowest BCUT2D eigenvalue weighted by molar-refractivity contribution is -0.870. The van der Waals surface area contributed by atoms with Crippen LogP contribution in [0.5, 0.6) is 0 Å². The summed E-state index contributed by atoms with van der Waals surface area (Å²) in [6.07, 6.45) is 54.5. The van der Waals surface area contributed by atoms with Crippen LogP contribution in [0.1, 0.15) is 155 Å². The van der Waals surface area contributed by atoms with Crippen molar-refractivity contribution < 1.29 is 42.1 Å². The number of esters is 2. The molecule has 0 amide bonds. The number of nitrogens with zero attached hydrogens (tertiary/aromatic N) is 1. The Morgan fingerprint density at radius 1 is 0.517 bits per heavy atom. The van der Waals surface area contributed by atoms with Gasteiger partial charge in [-0.05, 0) is 89.9 Å². The molecule has 0 aliphatic heterocycles. The Bertz CT molecular complexity index is 1340. The number of hydrogen-bond donors (Lipinski definition) is 0. The van der Waals surface area contributed by atoms with E-state index in [1.165, 1.54) is 51.4 Å². The van der Waals surface area contributed by atoms with E-state index in [1.807, 2.05) is 33.3 Å². The smallest absolute Gasteiger partial charge is 0.306 e. The Balaban J connectivity index is 4.53. The maximum Gasteiger partial charge on any atom is 0.306 e. The van der Waals surface area contributed by atoms with Crippen molar-refractivity contribution in [2.24, 2.45) is 0 Å². The van der Waals surface area contributed by atoms with Gasteiger partial charge in [-0.1, -0.05) is 150 Å². The van der Waals surface area contributed by atoms with Crippen molar-refractivity contribution in [3.8, 4) is 0 Å². The van der Waals surface area contributed by atoms with Crippen molar-refractivity contribution >= 4 is 19.8 Å². The fourth-order valence-corrected chi connectivity index (χ4v) is 6.19. The van der Waals surface area contributed by atoms with E-state index in [1.54, 1.807) is 0 Å². The number of quaternary nitrogens is 1. The lowest BCUT2D eigenvalue weighted by Crippen LogP contribution is -2.37. The van der Waals surface area contributed by atoms with E-state index in [-0.39, 0.29) is 26.1 Å². The monoisotopic (exact) mass is 858 g/mol. The first-order valence-electron chi connectivity index (χ1n) is 22.9. The zero-order valence-electron chi connectivity index (χ0n) is 38.4. The Morgan fingerprint density at radius 3 is 1.38 bits per heavy atom. The van der Waals surface area contributed by atoms with Gasteiger partial charge in [0.1, 0.15) is 19.8 Å². The van der Waals surface area contributed by atoms with Crippen LogP contribution in [0.15, 0.2) is 97.2 Å². The van der Waals surface area contributed by atoms with E-state index in [9.17, 15) is 19.0 Å². The summed E-state index contributed by atoms with van der Waals surface area (Å²) in [7, 11) is 1.09. The van der Waals surface area contributed by atoms with Crippen LogP contribution in [-0.4, -0.2) is 70.0 Å². The summed E-state index contributed by atoms with van der Waals surface area (Å²) in [6.45, 7) is 4.03. The van der Waals surface area contributed by atoms with Gasteiger partial charge >= 0.3 is 11.9 Å². The number of phosphoric ester groups is 1. The lowest BCUT2D eigenvalue weighted by Gasteiger charge is -2.28. The molecule has 9 nitrogen and oxygen atoms in total. The van der Waals surface area contributed by atoms with Crippen LogP contribution in [0.3, 0.4) is 0 Å². The molecule has 0 fully saturated rings. The minimum absolute atomic E-state index is 0.0520. The fraction of sp³-hybridized carbons (Fsp3) is 0.640. The number of likely N-dealkylation sites (N-methyl/N-ethyl adjacent to an activating group) is 1. The zero-order chi connectivity index (χ0) is 44.3. The summed E-state index contributed by atoms with van der Waals surface area (Å²) in [6, 6.07) is 0. The van der Waals surface area contributed by atoms with Crippen molar-refractivity contribution in [3.05, 3.63) is 97.2 Å². The average molecular weight is 858 g/mol. The summed E-state index contributed by atoms with van der Waals surface area (Å²) < 4.78 is 33.8. The third-order valence-corrected chi connectivity index (χ3v) is 10.1. The van der Waals surface area contributed by atoms with Gasteiger partial charge in [0.2, 0.25) is 0 Å². The van der Waals surface area contributed by atoms with Crippen LogP contribution < -0.4 is 4.89 Å². The van der Waals surface area contributed by atoms with E-state index in [4.69, 9.17) is 18.5 Å². The molecule has 60 heavy (non-hydrogen) atoms. The number of hydrogen-bond acceptors (Lipinski definition) is 8. The Kier molecular flexibility index (Phi) is 39.2. The molecule has 0 rings (SSSR count). The first-order valence-corrected chi connectivity index (χ1v) is 24.4. The Morgan fingerprint density at radius 2 is 0.933 bits per heavy atom. The molecule has 0 saturated carbocycles. The van der Waals surface area contributed by atoms with Crippen molar-refractivity contribution in [2.45, 2.75) is 161 Å². The predicted molar refractivity (Wildman–Crippen MR) is 249 cm³/mol. The maximum atomic E-state index is 12.7. The molecule has 0 aromatic rings. The van der Waals surface area contributed by atoms with Gasteiger partial charge in [-0.3, -0.25) is 14.2 Å². The minimum Gasteiger partial charge on any atom is -0.756 e. The molecule has 0 spiro atoms. The number of ether oxygens (including phenoxy) is 2. The molecule has 0 heterocycles. The van der Waals surface area contributed by atoms with Gasteiger partial charge in [-0.25, -0.2) is 0 Å². The van der Waals surface area contributed by atoms with Crippen LogP contribution in [0.4, 0.5) is 0 Å². The van der Waals surface area contributed by atoms with Crippen molar-refractivity contribution in [1.29, 1.82) is 0 Å². The van der Waals surface area contributed by atoms with E-state index in [2.05, 4.69) is 98.9 Å². The number of unbranched alkanes of at least 4 members (excludes halogenated alkanes) is 10. The van der Waals surface area contributed by atoms with E-state index >= 15 is 0 Å². The topological polar surface area (TPSA) is 111 Å². The number of rotatable bonds is 40. The van der Waals surface area contributed by atoms with Crippen LogP contribution >= 0.6 is 7.82 Å². The highest BCUT2D eigenvalue weighted by Crippen LogP contribution is 2.38. The molecule has 0 aliphatic carbocycles. The molecule has 1 unspecified atom stereocenters. The first kappa shape index (κ1) is 56.9. The van der Waals surface area contributed by atoms with Gasteiger partial charge in [-0.15, -0.1) is 0 Å². The lowest BCUT2D eigenvalue weighted by atomic mass is 10.1. The molecule has 0 bridgehead atoms. The Labute approximate surface area is 366 Å². The SMILES string of the molecule is CCCCC/C=C\C/C=C\C/C=C\C/C=C\C/C=C\CCC(=O)OC[C@H](COP(=O)([O-])OCC[N+](C)(C)C)OC(=O)CCCCCC/C=C\C/C=C\C/C=C\CCCCC. The van der Waals surface area contributed by atoms with Crippen molar-refractivity contribution in [1.82, 2.24) is 0 Å². The molecule has 0 N–H and O–H groups in total. The van der Waals surface area contributed by atoms with E-state index in [0.717, 1.165) is 64.2 Å². The van der Waals surface area contributed by atoms with E-state index in [0.29, 0.717) is 23.9 Å². The molecule has 0 saturated heterocycles. The molecular weight excluding hydrogens is 774 g/mol. The molecule has 0 aliphatic rings. The van der Waals surface area contributed by atoms with Crippen molar-refractivity contribution in [3.63, 3.8) is 0 Å². The van der Waals surface area contributed by atoms with Crippen LogP contribution in [0.25, 0.3) is 0 Å². The average Bonchev–Trinajstić information content (AvgIpc) is 3.20. The fourth-order valence-electron chi connectivity index (χ4n) is 5.47. The molecule has 0 aromatic carbocycles. The van der Waals surface area contributed by atoms with Gasteiger partial charge in [0, 0.05) is 12.8 Å². The third-order valence-electron chi connectivity index (χ3n) is 9.09. The molecule has 0 aromatic heterocycles. The largest absolute Gasteiger partial charge is 0.756 e. The highest BCUT2D eigenvalue weighted by molar-refractivity contribution is 7.45. The second-order valence-corrected chi connectivity index (χ2v) is 17.5. The van der Waals surface area contributed by atoms with Crippen LogP contribution in [0.2, 0.25) is 0 Å². The standard InChI is InChI=1S/C50H84NO8P/c1-6-8-10-12-14-16-18-20-22-24-25-27-28-30-32-34-36-38-40-42-49(52)56-46-48(47-58-60(54,55)57-45-44-51(3,4)5)59-50(53)43-41-39-37-35-33-31-29-26-23-21-19-17-15-13-11-9-7-2/h14-17,20-23,25,27,29-32,36,38,48H,6-13,18-19,24,26,28,33-35,37,39-47H2,1-5H3/b16-14-,17-15-,22-20-,23-21-,27-25-,31-29-,32-30-,38-36-/t48-/m1/s1. The second kappa shape index (κ2) is 41.3. The number of carbonyl (C=O) groups is 2. The second-order valence-electron chi connectivity index (χ2n) is 16.1. The van der Waals surface area contributed by atoms with E-state index < -0.39 is 32.5 Å². The molecule has 0 radical (unpaired) electrons. The number of allylic oxidation sites excluding steroid dienone is 16. The van der Waals surface area contributed by atoms with Gasteiger partial charge in [0.15, 0.2) is 6.10 Å². The molecule has 10 heteroatoms. The summed E-state index contributed by atoms with van der Waals surface area (Å²) in [5.41, 5.74) is 0. The first-order chi connectivity index (χ1) is 29.0. The van der Waals surface area contributed by atoms with Crippen LogP contribution in [0, 0.1) is 0 Å². The summed E-state index contributed by atoms with van der Waals surface area (Å²) in [5.74, 6) is -0.966. The van der Waals surface area contributed by atoms with Crippen LogP contribution in [-0.2, 0) is 32.7 Å². The molecule has 342 valence electrons. The summed E-state index contributed by atoms with van der Waals surface area (Å²) >= 11 is 0. The molecule has 2 atom stereocenters. The number of phosphoric acid groups is 1. The zero-order valence-corrected chi connectivity index (χ0v) is 39.3. The summed E-state index contributed by atoms with van der Waals surface area (Å²) in [5, 5.41) is 0. The van der Waals surface area contributed by atoms with Crippen molar-refractivity contribution in [2.75, 3.05) is 47.5 Å². The van der Waals surface area contributed by atoms with Gasteiger partial charge in [-0.2, -0.15) is 0 Å². The minimum atomic E-state index is -4.66. The van der Waals surface area contributed by atoms with Gasteiger partial charge in [0.05, 0.1) is 27.7 Å². The highest BCUT2D eigenvalue weighted by atomic mass is 31.2. The quantitative estimate of drug-likeness (QED) is 0.0197. The molecular formula is C50H84NO8P. The summed E-state index contributed by atoms with van der Waals surface area (Å²) in [4.78, 5) is 37.5. The normalized spacial score (nSPS) is 14.4.